The van der Waals surface area contributed by atoms with Gasteiger partial charge in [0, 0.05) is 0 Å². The molecule has 0 radical (unpaired) electrons. The van der Waals surface area contributed by atoms with E-state index in [0.717, 1.165) is 0 Å². The van der Waals surface area contributed by atoms with Gasteiger partial charge in [-0.3, -0.25) is 0 Å². The fourth-order valence-corrected chi connectivity index (χ4v) is 1.98. The molecule has 0 saturated heterocycles. The van der Waals surface area contributed by atoms with Crippen molar-refractivity contribution in [3.63, 3.8) is 0 Å². The first-order valence-corrected chi connectivity index (χ1v) is 6.72. The minimum atomic E-state index is -1.28. The maximum atomic E-state index is 4.18. The zero-order chi connectivity index (χ0) is 7.61. The summed E-state index contributed by atoms with van der Waals surface area (Å²) in [7, 11) is -1.28. The van der Waals surface area contributed by atoms with Crippen molar-refractivity contribution < 1.29 is 17.0 Å². The van der Waals surface area contributed by atoms with Gasteiger partial charge in [0.2, 0.25) is 0 Å². The Labute approximate surface area is 103 Å². The van der Waals surface area contributed by atoms with Crippen LogP contribution in [0.25, 0.3) is 0 Å². The Morgan fingerprint density at radius 2 is 1.50 bits per heavy atom. The normalized spacial score (nSPS) is 9.58. The van der Waals surface area contributed by atoms with Crippen LogP contribution in [0.4, 0.5) is 0 Å². The van der Waals surface area contributed by atoms with E-state index in [2.05, 4.69) is 43.9 Å². The van der Waals surface area contributed by atoms with Gasteiger partial charge in [0.05, 0.1) is 0 Å². The average molecular weight is 253 g/mol. The molecule has 1 aromatic carbocycles. The van der Waals surface area contributed by atoms with Crippen LogP contribution in [0.5, 0.6) is 0 Å². The molecule has 0 N–H and O–H groups in total. The molecule has 0 aliphatic carbocycles. The molecule has 3 heteroatoms. The van der Waals surface area contributed by atoms with Gasteiger partial charge in [0.25, 0.3) is 0 Å². The number of hydrogen-bond acceptors (Lipinski definition) is 0. The summed E-state index contributed by atoms with van der Waals surface area (Å²) in [5.74, 6) is 0. The Bertz CT molecular complexity index is 206. The molecule has 0 aliphatic rings. The number of benzene rings is 1. The predicted molar refractivity (Wildman–Crippen MR) is 54.7 cm³/mol. The maximum absolute atomic E-state index is 4.18. The molecule has 1 aromatic rings. The van der Waals surface area contributed by atoms with E-state index < -0.39 is 8.07 Å². The molecule has 62 valence electrons. The Balaban J connectivity index is 0. The standard InChI is InChI=1S/C9H13Si.BrH.Mg/c1-10(2,3)9-7-5-4-6-8-9;;/h4-8H,1H2,2-3H3;1H;/q-1;;+2/p-1. The molecule has 0 aliphatic heterocycles. The van der Waals surface area contributed by atoms with E-state index in [1.54, 1.807) is 0 Å². The van der Waals surface area contributed by atoms with E-state index in [-0.39, 0.29) is 40.0 Å². The molecule has 0 bridgehead atoms. The van der Waals surface area contributed by atoms with Gasteiger partial charge >= 0.3 is 23.1 Å². The van der Waals surface area contributed by atoms with Gasteiger partial charge in [0.15, 0.2) is 0 Å². The second-order valence-electron chi connectivity index (χ2n) is 3.25. The number of halogens is 1. The first-order chi connectivity index (χ1) is 4.61. The van der Waals surface area contributed by atoms with Crippen molar-refractivity contribution in [1.29, 1.82) is 0 Å². The van der Waals surface area contributed by atoms with Gasteiger partial charge in [-0.05, 0) is 0 Å². The minimum absolute atomic E-state index is 0. The van der Waals surface area contributed by atoms with Crippen molar-refractivity contribution in [2.45, 2.75) is 13.1 Å². The Kier molecular flexibility index (Phi) is 7.82. The molecule has 0 atom stereocenters. The van der Waals surface area contributed by atoms with E-state index in [1.165, 1.54) is 5.19 Å². The Morgan fingerprint density at radius 3 is 1.75 bits per heavy atom. The fraction of sp³-hybridized carbons (Fsp3) is 0.222. The smallest absolute Gasteiger partial charge is 1.00 e. The fourth-order valence-electron chi connectivity index (χ4n) is 0.889. The third-order valence-electron chi connectivity index (χ3n) is 1.56. The molecule has 0 amide bonds. The molecule has 12 heavy (non-hydrogen) atoms. The van der Waals surface area contributed by atoms with Gasteiger partial charge in [-0.25, -0.2) is 0 Å². The molecule has 0 fully saturated rings. The zero-order valence-corrected chi connectivity index (χ0v) is 11.7. The SMILES string of the molecule is [Br-].[CH2-][Si](C)(C)c1ccccc1.[Mg+2]. The van der Waals surface area contributed by atoms with Crippen LogP contribution in [0.15, 0.2) is 30.3 Å². The van der Waals surface area contributed by atoms with Crippen molar-refractivity contribution in [3.05, 3.63) is 36.9 Å². The van der Waals surface area contributed by atoms with Gasteiger partial charge in [-0.1, -0.05) is 56.7 Å². The van der Waals surface area contributed by atoms with E-state index in [4.69, 9.17) is 0 Å². The molecule has 0 heterocycles. The van der Waals surface area contributed by atoms with Gasteiger partial charge in [-0.15, -0.1) is 0 Å². The summed E-state index contributed by atoms with van der Waals surface area (Å²) < 4.78 is 0. The largest absolute Gasteiger partial charge is 2.00 e. The Hall–Kier alpha value is 0.683. The van der Waals surface area contributed by atoms with Crippen LogP contribution in [0, 0.1) is 6.55 Å². The summed E-state index contributed by atoms with van der Waals surface area (Å²) >= 11 is 0. The summed E-state index contributed by atoms with van der Waals surface area (Å²) in [5, 5.41) is 1.43. The van der Waals surface area contributed by atoms with E-state index in [1.807, 2.05) is 6.07 Å². The molecule has 0 saturated carbocycles. The quantitative estimate of drug-likeness (QED) is 0.427. The van der Waals surface area contributed by atoms with Crippen LogP contribution in [0.3, 0.4) is 0 Å². The van der Waals surface area contributed by atoms with E-state index >= 15 is 0 Å². The van der Waals surface area contributed by atoms with E-state index in [9.17, 15) is 0 Å². The summed E-state index contributed by atoms with van der Waals surface area (Å²) in [4.78, 5) is 0. The Morgan fingerprint density at radius 1 is 1.08 bits per heavy atom. The topological polar surface area (TPSA) is 0 Å². The van der Waals surface area contributed by atoms with Crippen LogP contribution in [0.1, 0.15) is 0 Å². The third kappa shape index (κ3) is 4.65. The summed E-state index contributed by atoms with van der Waals surface area (Å²) in [6.07, 6.45) is 0. The summed E-state index contributed by atoms with van der Waals surface area (Å²) in [6, 6.07) is 10.5. The van der Waals surface area contributed by atoms with Gasteiger partial charge in [-0.2, -0.15) is 0 Å². The van der Waals surface area contributed by atoms with Crippen LogP contribution < -0.4 is 22.2 Å². The van der Waals surface area contributed by atoms with Crippen molar-refractivity contribution >= 4 is 36.3 Å². The molecular weight excluding hydrogens is 240 g/mol. The molecule has 0 spiro atoms. The monoisotopic (exact) mass is 252 g/mol. The third-order valence-corrected chi connectivity index (χ3v) is 3.45. The van der Waals surface area contributed by atoms with Crippen LogP contribution >= 0.6 is 0 Å². The second-order valence-corrected chi connectivity index (χ2v) is 7.60. The molecule has 0 aromatic heterocycles. The molecule has 1 rings (SSSR count). The van der Waals surface area contributed by atoms with Crippen LogP contribution in [-0.4, -0.2) is 31.1 Å². The van der Waals surface area contributed by atoms with Crippen molar-refractivity contribution in [1.82, 2.24) is 0 Å². The first kappa shape index (κ1) is 15.2. The van der Waals surface area contributed by atoms with Gasteiger partial charge in [0.1, 0.15) is 0 Å². The zero-order valence-electron chi connectivity index (χ0n) is 7.68. The van der Waals surface area contributed by atoms with Crippen molar-refractivity contribution in [2.24, 2.45) is 0 Å². The van der Waals surface area contributed by atoms with Crippen LogP contribution in [-0.2, 0) is 0 Å². The van der Waals surface area contributed by atoms with E-state index in [0.29, 0.717) is 0 Å². The molecule has 0 unspecified atom stereocenters. The number of hydrogen-bond donors (Lipinski definition) is 0. The predicted octanol–water partition coefficient (Wildman–Crippen LogP) is -1.40. The van der Waals surface area contributed by atoms with Gasteiger partial charge < -0.3 is 23.5 Å². The second kappa shape index (κ2) is 6.18. The van der Waals surface area contributed by atoms with Crippen LogP contribution in [0.2, 0.25) is 13.1 Å². The van der Waals surface area contributed by atoms with Crippen molar-refractivity contribution in [3.8, 4) is 0 Å². The summed E-state index contributed by atoms with van der Waals surface area (Å²) in [6.45, 7) is 8.68. The average Bonchev–Trinajstić information content (AvgIpc) is 1.88. The number of rotatable bonds is 1. The van der Waals surface area contributed by atoms with Crippen molar-refractivity contribution in [2.75, 3.05) is 0 Å². The summed E-state index contributed by atoms with van der Waals surface area (Å²) in [5.41, 5.74) is 0. The maximum Gasteiger partial charge on any atom is 2.00 e. The molecular formula is C9H13BrMgSi. The first-order valence-electron chi connectivity index (χ1n) is 3.51. The minimum Gasteiger partial charge on any atom is -1.00 e. The molecule has 0 nitrogen and oxygen atoms in total.